The second-order valence-electron chi connectivity index (χ2n) is 5.86. The number of amides is 1. The molecule has 0 N–H and O–H groups in total. The van der Waals surface area contributed by atoms with Crippen LogP contribution in [0.1, 0.15) is 22.5 Å². The van der Waals surface area contributed by atoms with Gasteiger partial charge in [0.25, 0.3) is 5.91 Å². The molecule has 1 unspecified atom stereocenters. The second-order valence-corrected chi connectivity index (χ2v) is 6.39. The lowest BCUT2D eigenvalue weighted by Gasteiger charge is -2.17. The minimum Gasteiger partial charge on any atom is -0.472 e. The van der Waals surface area contributed by atoms with E-state index < -0.39 is 0 Å². The second kappa shape index (κ2) is 6.16. The van der Waals surface area contributed by atoms with Crippen LogP contribution in [-0.4, -0.2) is 43.7 Å². The Morgan fingerprint density at radius 2 is 2.12 bits per heavy atom. The largest absolute Gasteiger partial charge is 0.472 e. The van der Waals surface area contributed by atoms with Gasteiger partial charge in [-0.25, -0.2) is 4.98 Å². The van der Waals surface area contributed by atoms with Gasteiger partial charge in [0.15, 0.2) is 0 Å². The van der Waals surface area contributed by atoms with Crippen LogP contribution in [0.2, 0.25) is 0 Å². The molecule has 0 aliphatic carbocycles. The van der Waals surface area contributed by atoms with E-state index in [0.717, 1.165) is 34.9 Å². The Morgan fingerprint density at radius 1 is 1.25 bits per heavy atom. The van der Waals surface area contributed by atoms with Gasteiger partial charge in [0.05, 0.1) is 18.3 Å². The van der Waals surface area contributed by atoms with E-state index in [0.29, 0.717) is 24.5 Å². The van der Waals surface area contributed by atoms with Crippen molar-refractivity contribution in [2.24, 2.45) is 0 Å². The summed E-state index contributed by atoms with van der Waals surface area (Å²) in [5.74, 6) is 0.623. The zero-order chi connectivity index (χ0) is 16.5. The fraction of sp³-hybridized carbons (Fsp3) is 0.294. The molecule has 1 fully saturated rings. The average molecular weight is 340 g/mol. The van der Waals surface area contributed by atoms with E-state index in [1.54, 1.807) is 6.07 Å². The number of carbonyl (C=O) groups excluding carboxylic acids is 1. The van der Waals surface area contributed by atoms with Crippen molar-refractivity contribution in [3.05, 3.63) is 47.7 Å². The third kappa shape index (κ3) is 2.94. The van der Waals surface area contributed by atoms with E-state index in [4.69, 9.17) is 4.74 Å². The summed E-state index contributed by atoms with van der Waals surface area (Å²) in [4.78, 5) is 18.8. The molecule has 122 valence electrons. The summed E-state index contributed by atoms with van der Waals surface area (Å²) in [6.45, 7) is 3.19. The predicted molar refractivity (Wildman–Crippen MR) is 91.3 cm³/mol. The summed E-state index contributed by atoms with van der Waals surface area (Å²) < 4.78 is 14.3. The standard InChI is InChI=1S/C17H16N4O2S/c1-11-3-2-4-16(18-11)23-13-7-8-21(10-13)17(22)12-5-6-14-15(9-12)20-24-19-14/h2-6,9,13H,7-8,10H2,1H3. The summed E-state index contributed by atoms with van der Waals surface area (Å²) in [5, 5.41) is 0. The van der Waals surface area contributed by atoms with Crippen LogP contribution in [0.5, 0.6) is 5.88 Å². The van der Waals surface area contributed by atoms with Gasteiger partial charge in [0, 0.05) is 30.3 Å². The Hall–Kier alpha value is -2.54. The molecule has 1 saturated heterocycles. The van der Waals surface area contributed by atoms with Crippen LogP contribution in [-0.2, 0) is 0 Å². The fourth-order valence-electron chi connectivity index (χ4n) is 2.86. The highest BCUT2D eigenvalue weighted by molar-refractivity contribution is 7.00. The Labute approximate surface area is 143 Å². The molecule has 3 heterocycles. The number of ether oxygens (including phenoxy) is 1. The number of likely N-dealkylation sites (tertiary alicyclic amines) is 1. The van der Waals surface area contributed by atoms with Crippen LogP contribution in [0, 0.1) is 6.92 Å². The zero-order valence-corrected chi connectivity index (χ0v) is 14.0. The maximum absolute atomic E-state index is 12.7. The number of benzene rings is 1. The maximum Gasteiger partial charge on any atom is 0.254 e. The number of hydrogen-bond acceptors (Lipinski definition) is 6. The summed E-state index contributed by atoms with van der Waals surface area (Å²) in [6.07, 6.45) is 0.787. The molecular weight excluding hydrogens is 324 g/mol. The van der Waals surface area contributed by atoms with Crippen molar-refractivity contribution in [1.82, 2.24) is 18.6 Å². The molecule has 0 spiro atoms. The van der Waals surface area contributed by atoms with E-state index in [1.165, 1.54) is 0 Å². The number of fused-ring (bicyclic) bond motifs is 1. The molecule has 24 heavy (non-hydrogen) atoms. The molecule has 4 rings (SSSR count). The summed E-state index contributed by atoms with van der Waals surface area (Å²) >= 11 is 1.16. The molecule has 7 heteroatoms. The van der Waals surface area contributed by atoms with E-state index in [1.807, 2.05) is 42.2 Å². The van der Waals surface area contributed by atoms with Gasteiger partial charge >= 0.3 is 0 Å². The number of aromatic nitrogens is 3. The minimum absolute atomic E-state index is 0.00759. The summed E-state index contributed by atoms with van der Waals surface area (Å²) in [5.41, 5.74) is 3.15. The van der Waals surface area contributed by atoms with E-state index >= 15 is 0 Å². The summed E-state index contributed by atoms with van der Waals surface area (Å²) in [6, 6.07) is 11.2. The van der Waals surface area contributed by atoms with E-state index in [2.05, 4.69) is 13.7 Å². The van der Waals surface area contributed by atoms with Gasteiger partial charge in [0.2, 0.25) is 5.88 Å². The number of aryl methyl sites for hydroxylation is 1. The molecule has 1 aliphatic rings. The van der Waals surface area contributed by atoms with Crippen LogP contribution in [0.25, 0.3) is 11.0 Å². The van der Waals surface area contributed by atoms with Gasteiger partial charge < -0.3 is 9.64 Å². The Morgan fingerprint density at radius 3 is 3.00 bits per heavy atom. The quantitative estimate of drug-likeness (QED) is 0.733. The topological polar surface area (TPSA) is 68.2 Å². The molecule has 1 aromatic carbocycles. The van der Waals surface area contributed by atoms with Gasteiger partial charge in [-0.15, -0.1) is 0 Å². The van der Waals surface area contributed by atoms with Gasteiger partial charge in [-0.05, 0) is 31.2 Å². The third-order valence-corrected chi connectivity index (χ3v) is 4.64. The highest BCUT2D eigenvalue weighted by Gasteiger charge is 2.28. The molecule has 3 aromatic rings. The van der Waals surface area contributed by atoms with Crippen molar-refractivity contribution < 1.29 is 9.53 Å². The minimum atomic E-state index is -0.0204. The van der Waals surface area contributed by atoms with Crippen molar-refractivity contribution in [1.29, 1.82) is 0 Å². The molecule has 1 amide bonds. The summed E-state index contributed by atoms with van der Waals surface area (Å²) in [7, 11) is 0. The van der Waals surface area contributed by atoms with Crippen molar-refractivity contribution in [2.75, 3.05) is 13.1 Å². The lowest BCUT2D eigenvalue weighted by atomic mass is 10.2. The van der Waals surface area contributed by atoms with Crippen LogP contribution in [0.4, 0.5) is 0 Å². The first-order valence-electron chi connectivity index (χ1n) is 7.81. The Kier molecular flexibility index (Phi) is 3.86. The van der Waals surface area contributed by atoms with Gasteiger partial charge in [-0.2, -0.15) is 8.75 Å². The van der Waals surface area contributed by atoms with Crippen LogP contribution < -0.4 is 4.74 Å². The number of rotatable bonds is 3. The fourth-order valence-corrected chi connectivity index (χ4v) is 3.38. The number of hydrogen-bond donors (Lipinski definition) is 0. The first-order valence-corrected chi connectivity index (χ1v) is 8.54. The molecule has 6 nitrogen and oxygen atoms in total. The molecule has 1 aliphatic heterocycles. The number of pyridine rings is 1. The van der Waals surface area contributed by atoms with Gasteiger partial charge in [0.1, 0.15) is 17.1 Å². The lowest BCUT2D eigenvalue weighted by molar-refractivity contribution is 0.0771. The molecule has 2 aromatic heterocycles. The monoisotopic (exact) mass is 340 g/mol. The highest BCUT2D eigenvalue weighted by atomic mass is 32.1. The maximum atomic E-state index is 12.7. The first kappa shape index (κ1) is 15.0. The lowest BCUT2D eigenvalue weighted by Crippen LogP contribution is -2.31. The average Bonchev–Trinajstić information content (AvgIpc) is 3.22. The van der Waals surface area contributed by atoms with Crippen molar-refractivity contribution in [3.8, 4) is 5.88 Å². The van der Waals surface area contributed by atoms with Crippen molar-refractivity contribution >= 4 is 28.7 Å². The number of carbonyl (C=O) groups is 1. The third-order valence-electron chi connectivity index (χ3n) is 4.08. The van der Waals surface area contributed by atoms with E-state index in [9.17, 15) is 4.79 Å². The van der Waals surface area contributed by atoms with Gasteiger partial charge in [-0.3, -0.25) is 4.79 Å². The van der Waals surface area contributed by atoms with Crippen LogP contribution in [0.15, 0.2) is 36.4 Å². The Balaban J connectivity index is 1.44. The molecular formula is C17H16N4O2S. The van der Waals surface area contributed by atoms with Crippen molar-refractivity contribution in [2.45, 2.75) is 19.4 Å². The van der Waals surface area contributed by atoms with Gasteiger partial charge in [-0.1, -0.05) is 6.07 Å². The number of nitrogens with zero attached hydrogens (tertiary/aromatic N) is 4. The predicted octanol–water partition coefficient (Wildman–Crippen LogP) is 2.69. The normalized spacial score (nSPS) is 17.4. The SMILES string of the molecule is Cc1cccc(OC2CCN(C(=O)c3ccc4nsnc4c3)C2)n1. The van der Waals surface area contributed by atoms with Crippen molar-refractivity contribution in [3.63, 3.8) is 0 Å². The smallest absolute Gasteiger partial charge is 0.254 e. The molecule has 0 bridgehead atoms. The first-order chi connectivity index (χ1) is 11.7. The van der Waals surface area contributed by atoms with Crippen LogP contribution in [0.3, 0.4) is 0 Å². The molecule has 1 atom stereocenters. The van der Waals surface area contributed by atoms with Crippen LogP contribution >= 0.6 is 11.7 Å². The zero-order valence-electron chi connectivity index (χ0n) is 13.2. The highest BCUT2D eigenvalue weighted by Crippen LogP contribution is 2.20. The Bertz CT molecular complexity index is 895. The molecule has 0 saturated carbocycles. The molecule has 0 radical (unpaired) electrons. The van der Waals surface area contributed by atoms with E-state index in [-0.39, 0.29) is 12.0 Å².